The molecule has 21 heavy (non-hydrogen) atoms. The average Bonchev–Trinajstić information content (AvgIpc) is 2.52. The average molecular weight is 283 g/mol. The first kappa shape index (κ1) is 14.4. The molecular weight excluding hydrogens is 270 g/mol. The Balaban J connectivity index is 1.99. The Morgan fingerprint density at radius 3 is 2.71 bits per heavy atom. The third-order valence-electron chi connectivity index (χ3n) is 2.65. The molecule has 0 aliphatic carbocycles. The number of carboxylic acid groups (broad SMARTS) is 1. The number of carbonyl (C=O) groups excluding carboxylic acids is 1. The number of aliphatic carboxylic acids is 1. The summed E-state index contributed by atoms with van der Waals surface area (Å²) < 4.78 is 0. The van der Waals surface area contributed by atoms with E-state index in [1.807, 2.05) is 6.07 Å². The second kappa shape index (κ2) is 6.95. The first-order valence-corrected chi connectivity index (χ1v) is 6.18. The van der Waals surface area contributed by atoms with Crippen LogP contribution in [0.1, 0.15) is 21.5 Å². The Morgan fingerprint density at radius 1 is 1.24 bits per heavy atom. The maximum absolute atomic E-state index is 11.8. The van der Waals surface area contributed by atoms with Crippen molar-refractivity contribution in [2.24, 2.45) is 0 Å². The van der Waals surface area contributed by atoms with Gasteiger partial charge in [0.25, 0.3) is 5.91 Å². The zero-order valence-corrected chi connectivity index (χ0v) is 11.1. The third-order valence-corrected chi connectivity index (χ3v) is 2.65. The summed E-state index contributed by atoms with van der Waals surface area (Å²) in [5.41, 5.74) is 2.01. The molecule has 0 fully saturated rings. The van der Waals surface area contributed by atoms with Gasteiger partial charge in [0.1, 0.15) is 6.33 Å². The van der Waals surface area contributed by atoms with Gasteiger partial charge < -0.3 is 10.4 Å². The fourth-order valence-corrected chi connectivity index (χ4v) is 1.68. The van der Waals surface area contributed by atoms with Crippen molar-refractivity contribution in [2.75, 3.05) is 0 Å². The monoisotopic (exact) mass is 283 g/mol. The molecule has 0 unspecified atom stereocenters. The lowest BCUT2D eigenvalue weighted by molar-refractivity contribution is -0.131. The van der Waals surface area contributed by atoms with E-state index in [-0.39, 0.29) is 5.91 Å². The van der Waals surface area contributed by atoms with Gasteiger partial charge in [-0.25, -0.2) is 14.8 Å². The van der Waals surface area contributed by atoms with Gasteiger partial charge in [-0.3, -0.25) is 4.79 Å². The van der Waals surface area contributed by atoms with Crippen LogP contribution in [0.2, 0.25) is 0 Å². The quantitative estimate of drug-likeness (QED) is 0.811. The van der Waals surface area contributed by atoms with Crippen LogP contribution >= 0.6 is 0 Å². The summed E-state index contributed by atoms with van der Waals surface area (Å²) >= 11 is 0. The molecule has 1 heterocycles. The highest BCUT2D eigenvalue weighted by Crippen LogP contribution is 2.07. The van der Waals surface area contributed by atoms with Crippen LogP contribution in [0, 0.1) is 0 Å². The molecule has 0 spiro atoms. The van der Waals surface area contributed by atoms with Crippen molar-refractivity contribution in [1.82, 2.24) is 15.3 Å². The number of hydrogen-bond donors (Lipinski definition) is 2. The molecule has 0 aliphatic heterocycles. The van der Waals surface area contributed by atoms with Gasteiger partial charge >= 0.3 is 5.97 Å². The largest absolute Gasteiger partial charge is 0.478 e. The van der Waals surface area contributed by atoms with E-state index in [1.165, 1.54) is 24.8 Å². The summed E-state index contributed by atoms with van der Waals surface area (Å²) in [5, 5.41) is 11.3. The lowest BCUT2D eigenvalue weighted by Crippen LogP contribution is -2.23. The van der Waals surface area contributed by atoms with Gasteiger partial charge in [-0.05, 0) is 23.3 Å². The van der Waals surface area contributed by atoms with Crippen LogP contribution in [0.3, 0.4) is 0 Å². The number of benzene rings is 1. The van der Waals surface area contributed by atoms with Crippen molar-refractivity contribution in [1.29, 1.82) is 0 Å². The zero-order valence-electron chi connectivity index (χ0n) is 11.1. The van der Waals surface area contributed by atoms with E-state index >= 15 is 0 Å². The van der Waals surface area contributed by atoms with Gasteiger partial charge in [0, 0.05) is 25.0 Å². The summed E-state index contributed by atoms with van der Waals surface area (Å²) in [6.07, 6.45) is 6.80. The predicted molar refractivity (Wildman–Crippen MR) is 76.3 cm³/mol. The SMILES string of the molecule is O=C(O)/C=C/c1cccc(CNC(=O)c2cncnc2)c1. The molecule has 0 saturated heterocycles. The fourth-order valence-electron chi connectivity index (χ4n) is 1.68. The fraction of sp³-hybridized carbons (Fsp3) is 0.0667. The molecule has 0 atom stereocenters. The number of nitrogens with zero attached hydrogens (tertiary/aromatic N) is 2. The minimum atomic E-state index is -1.00. The molecule has 0 aliphatic rings. The van der Waals surface area contributed by atoms with E-state index in [9.17, 15) is 9.59 Å². The Bertz CT molecular complexity index is 669. The first-order valence-electron chi connectivity index (χ1n) is 6.18. The van der Waals surface area contributed by atoms with Crippen LogP contribution in [0.15, 0.2) is 49.1 Å². The van der Waals surface area contributed by atoms with Crippen LogP contribution < -0.4 is 5.32 Å². The molecule has 0 radical (unpaired) electrons. The summed E-state index contributed by atoms with van der Waals surface area (Å²) in [7, 11) is 0. The van der Waals surface area contributed by atoms with E-state index < -0.39 is 5.97 Å². The number of rotatable bonds is 5. The second-order valence-corrected chi connectivity index (χ2v) is 4.23. The van der Waals surface area contributed by atoms with Crippen molar-refractivity contribution in [3.8, 4) is 0 Å². The standard InChI is InChI=1S/C15H13N3O3/c19-14(20)5-4-11-2-1-3-12(6-11)7-18-15(21)13-8-16-10-17-9-13/h1-6,8-10H,7H2,(H,18,21)(H,19,20)/b5-4+. The maximum atomic E-state index is 11.8. The Hall–Kier alpha value is -3.02. The van der Waals surface area contributed by atoms with Gasteiger partial charge in [0.2, 0.25) is 0 Å². The summed E-state index contributed by atoms with van der Waals surface area (Å²) in [6.45, 7) is 0.336. The van der Waals surface area contributed by atoms with E-state index in [4.69, 9.17) is 5.11 Å². The van der Waals surface area contributed by atoms with E-state index in [1.54, 1.807) is 18.2 Å². The van der Waals surface area contributed by atoms with E-state index in [0.29, 0.717) is 12.1 Å². The number of carboxylic acids is 1. The van der Waals surface area contributed by atoms with Crippen LogP contribution in [0.25, 0.3) is 6.08 Å². The third kappa shape index (κ3) is 4.54. The molecule has 1 amide bonds. The zero-order chi connectivity index (χ0) is 15.1. The number of hydrogen-bond acceptors (Lipinski definition) is 4. The molecule has 1 aromatic heterocycles. The lowest BCUT2D eigenvalue weighted by atomic mass is 10.1. The van der Waals surface area contributed by atoms with Crippen LogP contribution in [-0.2, 0) is 11.3 Å². The van der Waals surface area contributed by atoms with E-state index in [2.05, 4.69) is 15.3 Å². The van der Waals surface area contributed by atoms with Crippen molar-refractivity contribution in [2.45, 2.75) is 6.54 Å². The Labute approximate surface area is 121 Å². The van der Waals surface area contributed by atoms with Gasteiger partial charge in [0.15, 0.2) is 0 Å². The normalized spacial score (nSPS) is 10.5. The van der Waals surface area contributed by atoms with E-state index in [0.717, 1.165) is 17.2 Å². The molecule has 0 bridgehead atoms. The Morgan fingerprint density at radius 2 is 2.00 bits per heavy atom. The maximum Gasteiger partial charge on any atom is 0.328 e. The highest BCUT2D eigenvalue weighted by molar-refractivity contribution is 5.93. The van der Waals surface area contributed by atoms with Gasteiger partial charge in [-0.1, -0.05) is 18.2 Å². The Kier molecular flexibility index (Phi) is 4.76. The summed E-state index contributed by atoms with van der Waals surface area (Å²) in [5.74, 6) is -1.26. The van der Waals surface area contributed by atoms with Crippen LogP contribution in [0.5, 0.6) is 0 Å². The van der Waals surface area contributed by atoms with Crippen LogP contribution in [-0.4, -0.2) is 27.0 Å². The molecule has 1 aromatic carbocycles. The predicted octanol–water partition coefficient (Wildman–Crippen LogP) is 1.50. The van der Waals surface area contributed by atoms with Gasteiger partial charge in [0.05, 0.1) is 5.56 Å². The first-order chi connectivity index (χ1) is 10.1. The van der Waals surface area contributed by atoms with Crippen molar-refractivity contribution < 1.29 is 14.7 Å². The molecule has 6 heteroatoms. The number of nitrogens with one attached hydrogen (secondary N) is 1. The van der Waals surface area contributed by atoms with Gasteiger partial charge in [-0.15, -0.1) is 0 Å². The molecule has 2 rings (SSSR count). The molecule has 2 N–H and O–H groups in total. The number of amides is 1. The minimum Gasteiger partial charge on any atom is -0.478 e. The highest BCUT2D eigenvalue weighted by atomic mass is 16.4. The number of carbonyl (C=O) groups is 2. The molecule has 0 saturated carbocycles. The van der Waals surface area contributed by atoms with Crippen LogP contribution in [0.4, 0.5) is 0 Å². The summed E-state index contributed by atoms with van der Waals surface area (Å²) in [4.78, 5) is 29.9. The highest BCUT2D eigenvalue weighted by Gasteiger charge is 2.05. The number of aromatic nitrogens is 2. The van der Waals surface area contributed by atoms with Gasteiger partial charge in [-0.2, -0.15) is 0 Å². The molecule has 2 aromatic rings. The van der Waals surface area contributed by atoms with Crippen molar-refractivity contribution in [3.05, 3.63) is 65.8 Å². The second-order valence-electron chi connectivity index (χ2n) is 4.23. The lowest BCUT2D eigenvalue weighted by Gasteiger charge is -2.05. The topological polar surface area (TPSA) is 92.2 Å². The molecule has 6 nitrogen and oxygen atoms in total. The molecular formula is C15H13N3O3. The minimum absolute atomic E-state index is 0.262. The smallest absolute Gasteiger partial charge is 0.328 e. The van der Waals surface area contributed by atoms with Crippen molar-refractivity contribution in [3.63, 3.8) is 0 Å². The molecule has 106 valence electrons. The summed E-state index contributed by atoms with van der Waals surface area (Å²) in [6, 6.07) is 7.24. The van der Waals surface area contributed by atoms with Crippen molar-refractivity contribution >= 4 is 18.0 Å².